The van der Waals surface area contributed by atoms with Crippen molar-refractivity contribution in [3.63, 3.8) is 0 Å². The third kappa shape index (κ3) is 4.47. The van der Waals surface area contributed by atoms with E-state index in [1.54, 1.807) is 18.3 Å². The van der Waals surface area contributed by atoms with Crippen molar-refractivity contribution in [2.24, 2.45) is 0 Å². The Morgan fingerprint density at radius 3 is 2.67 bits per heavy atom. The van der Waals surface area contributed by atoms with Gasteiger partial charge in [-0.1, -0.05) is 17.7 Å². The Kier molecular flexibility index (Phi) is 6.01. The Bertz CT molecular complexity index is 1110. The molecule has 2 aromatic heterocycles. The number of aromatic amines is 1. The third-order valence-corrected chi connectivity index (χ3v) is 5.73. The first-order valence-corrected chi connectivity index (χ1v) is 10.4. The summed E-state index contributed by atoms with van der Waals surface area (Å²) in [5.41, 5.74) is 4.89. The van der Waals surface area contributed by atoms with Crippen LogP contribution in [0.3, 0.4) is 0 Å². The maximum atomic E-state index is 11.9. The Balaban J connectivity index is 1.57. The van der Waals surface area contributed by atoms with Gasteiger partial charge in [-0.15, -0.1) is 0 Å². The molecule has 1 aliphatic heterocycles. The lowest BCUT2D eigenvalue weighted by Gasteiger charge is -2.25. The molecule has 0 amide bonds. The first-order chi connectivity index (χ1) is 14.5. The Morgan fingerprint density at radius 1 is 1.10 bits per heavy atom. The summed E-state index contributed by atoms with van der Waals surface area (Å²) in [4.78, 5) is 23.3. The standard InChI is InChI=1S/C22H25ClN6O/c1-13-11-19(14(2)10-16(13)15-5-8-24-9-6-15)28-22-26-12-17(23)20(29-22)27-18-4-3-7-25-21(18)30/h3-4,7,10-12,15,24H,5-6,8-9H2,1-2H3,(H,25,30)(H2,26,27,28,29). The lowest BCUT2D eigenvalue weighted by molar-refractivity contribution is 0.459. The molecule has 0 unspecified atom stereocenters. The fourth-order valence-corrected chi connectivity index (χ4v) is 3.97. The number of halogens is 1. The molecule has 4 rings (SSSR count). The van der Waals surface area contributed by atoms with Gasteiger partial charge in [0.1, 0.15) is 10.7 Å². The molecule has 0 atom stereocenters. The zero-order chi connectivity index (χ0) is 21.1. The topological polar surface area (TPSA) is 94.7 Å². The van der Waals surface area contributed by atoms with Gasteiger partial charge in [-0.2, -0.15) is 4.98 Å². The molecule has 7 nitrogen and oxygen atoms in total. The van der Waals surface area contributed by atoms with Gasteiger partial charge in [0.15, 0.2) is 5.82 Å². The molecule has 0 aliphatic carbocycles. The minimum atomic E-state index is -0.248. The van der Waals surface area contributed by atoms with Crippen molar-refractivity contribution in [1.29, 1.82) is 0 Å². The number of aromatic nitrogens is 3. The van der Waals surface area contributed by atoms with E-state index in [1.165, 1.54) is 30.2 Å². The number of piperidine rings is 1. The number of anilines is 4. The lowest BCUT2D eigenvalue weighted by Crippen LogP contribution is -2.27. The molecular weight excluding hydrogens is 400 g/mol. The van der Waals surface area contributed by atoms with E-state index in [-0.39, 0.29) is 5.56 Å². The Morgan fingerprint density at radius 2 is 1.90 bits per heavy atom. The normalized spacial score (nSPS) is 14.5. The van der Waals surface area contributed by atoms with Crippen molar-refractivity contribution >= 4 is 34.7 Å². The van der Waals surface area contributed by atoms with Crippen molar-refractivity contribution in [1.82, 2.24) is 20.3 Å². The minimum Gasteiger partial charge on any atom is -0.334 e. The number of H-pyrrole nitrogens is 1. The van der Waals surface area contributed by atoms with Gasteiger partial charge < -0.3 is 20.9 Å². The van der Waals surface area contributed by atoms with Crippen molar-refractivity contribution < 1.29 is 0 Å². The fraction of sp³-hybridized carbons (Fsp3) is 0.318. The molecule has 0 radical (unpaired) electrons. The van der Waals surface area contributed by atoms with Crippen LogP contribution in [0.4, 0.5) is 23.1 Å². The molecule has 1 saturated heterocycles. The predicted octanol–water partition coefficient (Wildman–Crippen LogP) is 4.39. The van der Waals surface area contributed by atoms with Crippen LogP contribution in [0.25, 0.3) is 0 Å². The van der Waals surface area contributed by atoms with Gasteiger partial charge in [-0.3, -0.25) is 4.79 Å². The van der Waals surface area contributed by atoms with E-state index in [1.807, 2.05) is 0 Å². The number of nitrogens with one attached hydrogen (secondary N) is 4. The van der Waals surface area contributed by atoms with Gasteiger partial charge in [0.25, 0.3) is 5.56 Å². The van der Waals surface area contributed by atoms with E-state index in [0.29, 0.717) is 28.4 Å². The number of nitrogens with zero attached hydrogens (tertiary/aromatic N) is 2. The lowest BCUT2D eigenvalue weighted by atomic mass is 9.86. The van der Waals surface area contributed by atoms with Crippen LogP contribution in [0.1, 0.15) is 35.4 Å². The average Bonchev–Trinajstić information content (AvgIpc) is 2.75. The molecule has 0 spiro atoms. The minimum absolute atomic E-state index is 0.248. The van der Waals surface area contributed by atoms with E-state index in [9.17, 15) is 4.79 Å². The molecule has 1 fully saturated rings. The summed E-state index contributed by atoms with van der Waals surface area (Å²) in [6.07, 6.45) is 5.42. The zero-order valence-corrected chi connectivity index (χ0v) is 17.8. The first kappa shape index (κ1) is 20.4. The van der Waals surface area contributed by atoms with Gasteiger partial charge in [0, 0.05) is 11.9 Å². The molecule has 1 aromatic carbocycles. The number of benzene rings is 1. The highest BCUT2D eigenvalue weighted by Crippen LogP contribution is 2.32. The highest BCUT2D eigenvalue weighted by atomic mass is 35.5. The smallest absolute Gasteiger partial charge is 0.271 e. The number of hydrogen-bond acceptors (Lipinski definition) is 6. The summed E-state index contributed by atoms with van der Waals surface area (Å²) in [6.45, 7) is 6.38. The molecule has 8 heteroatoms. The summed E-state index contributed by atoms with van der Waals surface area (Å²) >= 11 is 6.23. The second-order valence-electron chi connectivity index (χ2n) is 7.60. The maximum Gasteiger partial charge on any atom is 0.271 e. The molecule has 0 saturated carbocycles. The summed E-state index contributed by atoms with van der Waals surface area (Å²) in [5, 5.41) is 10.0. The number of pyridine rings is 1. The summed E-state index contributed by atoms with van der Waals surface area (Å²) in [6, 6.07) is 7.82. The molecular formula is C22H25ClN6O. The zero-order valence-electron chi connectivity index (χ0n) is 17.1. The van der Waals surface area contributed by atoms with Crippen molar-refractivity contribution in [3.05, 3.63) is 68.7 Å². The summed E-state index contributed by atoms with van der Waals surface area (Å²) in [7, 11) is 0. The average molecular weight is 425 g/mol. The molecule has 3 aromatic rings. The Labute approximate surface area is 180 Å². The highest BCUT2D eigenvalue weighted by Gasteiger charge is 2.18. The predicted molar refractivity (Wildman–Crippen MR) is 121 cm³/mol. The van der Waals surface area contributed by atoms with Gasteiger partial charge in [-0.05, 0) is 80.6 Å². The van der Waals surface area contributed by atoms with Gasteiger partial charge in [0.05, 0.1) is 6.20 Å². The van der Waals surface area contributed by atoms with Gasteiger partial charge >= 0.3 is 0 Å². The number of aryl methyl sites for hydroxylation is 2. The molecule has 4 N–H and O–H groups in total. The van der Waals surface area contributed by atoms with Crippen LogP contribution in [0.5, 0.6) is 0 Å². The monoisotopic (exact) mass is 424 g/mol. The van der Waals surface area contributed by atoms with E-state index in [4.69, 9.17) is 11.6 Å². The van der Waals surface area contributed by atoms with Crippen LogP contribution in [-0.4, -0.2) is 28.0 Å². The van der Waals surface area contributed by atoms with E-state index < -0.39 is 0 Å². The van der Waals surface area contributed by atoms with E-state index in [0.717, 1.165) is 24.3 Å². The summed E-state index contributed by atoms with van der Waals surface area (Å²) in [5.74, 6) is 1.38. The Hall–Kier alpha value is -2.90. The van der Waals surface area contributed by atoms with Crippen LogP contribution in [-0.2, 0) is 0 Å². The second kappa shape index (κ2) is 8.85. The van der Waals surface area contributed by atoms with Crippen LogP contribution in [0.2, 0.25) is 5.02 Å². The second-order valence-corrected chi connectivity index (χ2v) is 8.01. The summed E-state index contributed by atoms with van der Waals surface area (Å²) < 4.78 is 0. The number of rotatable bonds is 5. The molecule has 30 heavy (non-hydrogen) atoms. The molecule has 1 aliphatic rings. The first-order valence-electron chi connectivity index (χ1n) is 10.1. The fourth-order valence-electron chi connectivity index (χ4n) is 3.83. The van der Waals surface area contributed by atoms with Crippen LogP contribution >= 0.6 is 11.6 Å². The van der Waals surface area contributed by atoms with Crippen LogP contribution in [0, 0.1) is 13.8 Å². The third-order valence-electron chi connectivity index (χ3n) is 5.45. The van der Waals surface area contributed by atoms with Crippen molar-refractivity contribution in [3.8, 4) is 0 Å². The van der Waals surface area contributed by atoms with Crippen molar-refractivity contribution in [2.45, 2.75) is 32.6 Å². The van der Waals surface area contributed by atoms with Crippen LogP contribution < -0.4 is 21.5 Å². The molecule has 3 heterocycles. The highest BCUT2D eigenvalue weighted by molar-refractivity contribution is 6.32. The van der Waals surface area contributed by atoms with E-state index >= 15 is 0 Å². The molecule has 0 bridgehead atoms. The largest absolute Gasteiger partial charge is 0.334 e. The van der Waals surface area contributed by atoms with Crippen LogP contribution in [0.15, 0.2) is 41.5 Å². The SMILES string of the molecule is Cc1cc(C2CCNCC2)c(C)cc1Nc1ncc(Cl)c(Nc2ccc[nH]c2=O)n1. The van der Waals surface area contributed by atoms with E-state index in [2.05, 4.69) is 56.9 Å². The van der Waals surface area contributed by atoms with Gasteiger partial charge in [-0.25, -0.2) is 4.98 Å². The number of hydrogen-bond donors (Lipinski definition) is 4. The van der Waals surface area contributed by atoms with Crippen molar-refractivity contribution in [2.75, 3.05) is 23.7 Å². The van der Waals surface area contributed by atoms with Gasteiger partial charge in [0.2, 0.25) is 5.95 Å². The maximum absolute atomic E-state index is 11.9. The quantitative estimate of drug-likeness (QED) is 0.485. The molecule has 156 valence electrons.